The van der Waals surface area contributed by atoms with E-state index in [0.29, 0.717) is 22.1 Å². The highest BCUT2D eigenvalue weighted by Gasteiger charge is 2.22. The molecule has 178 valence electrons. The van der Waals surface area contributed by atoms with Gasteiger partial charge in [0.2, 0.25) is 5.91 Å². The van der Waals surface area contributed by atoms with E-state index < -0.39 is 11.9 Å². The Kier molecular flexibility index (Phi) is 8.01. The molecule has 1 aromatic heterocycles. The largest absolute Gasteiger partial charge is 0.497 e. The van der Waals surface area contributed by atoms with Gasteiger partial charge in [0, 0.05) is 17.9 Å². The number of benzene rings is 2. The maximum absolute atomic E-state index is 12.5. The lowest BCUT2D eigenvalue weighted by atomic mass is 10.0. The standard InChI is InChI=1S/C25H27N3O5S/c1-15-9-16(2)23(17(3)10-15)28(18(4)29)25-27-20(14-34-25)13-33-22(30)12-26-24(31)19-7-6-8-21(11-19)32-5/h6-11,14H,12-13H2,1-5H3,(H,26,31). The van der Waals surface area contributed by atoms with Crippen LogP contribution >= 0.6 is 11.3 Å². The van der Waals surface area contributed by atoms with Crippen molar-refractivity contribution < 1.29 is 23.9 Å². The highest BCUT2D eigenvalue weighted by molar-refractivity contribution is 7.14. The predicted molar refractivity (Wildman–Crippen MR) is 131 cm³/mol. The molecule has 0 aliphatic rings. The summed E-state index contributed by atoms with van der Waals surface area (Å²) in [6, 6.07) is 10.7. The predicted octanol–water partition coefficient (Wildman–Crippen LogP) is 4.23. The van der Waals surface area contributed by atoms with Gasteiger partial charge in [-0.1, -0.05) is 23.8 Å². The molecule has 0 bridgehead atoms. The van der Waals surface area contributed by atoms with E-state index in [1.807, 2.05) is 32.9 Å². The maximum Gasteiger partial charge on any atom is 0.325 e. The van der Waals surface area contributed by atoms with Crippen LogP contribution in [0.5, 0.6) is 5.75 Å². The van der Waals surface area contributed by atoms with Crippen LogP contribution in [0.15, 0.2) is 41.8 Å². The van der Waals surface area contributed by atoms with Crippen molar-refractivity contribution in [3.05, 3.63) is 69.7 Å². The number of aryl methyl sites for hydroxylation is 3. The topological polar surface area (TPSA) is 97.8 Å². The van der Waals surface area contributed by atoms with Gasteiger partial charge in [-0.15, -0.1) is 11.3 Å². The monoisotopic (exact) mass is 481 g/mol. The lowest BCUT2D eigenvalue weighted by Crippen LogP contribution is -2.30. The third kappa shape index (κ3) is 5.99. The van der Waals surface area contributed by atoms with Crippen molar-refractivity contribution in [1.29, 1.82) is 0 Å². The number of nitrogens with zero attached hydrogens (tertiary/aromatic N) is 2. The number of thiazole rings is 1. The van der Waals surface area contributed by atoms with Crippen LogP contribution < -0.4 is 15.0 Å². The first-order chi connectivity index (χ1) is 16.2. The SMILES string of the molecule is COc1cccc(C(=O)NCC(=O)OCc2csc(N(C(C)=O)c3c(C)cc(C)cc3C)n2)c1. The number of ether oxygens (including phenoxy) is 2. The summed E-state index contributed by atoms with van der Waals surface area (Å²) in [5.74, 6) is -0.620. The first-order valence-electron chi connectivity index (χ1n) is 10.6. The number of hydrogen-bond donors (Lipinski definition) is 1. The fourth-order valence-corrected chi connectivity index (χ4v) is 4.46. The highest BCUT2D eigenvalue weighted by atomic mass is 32.1. The summed E-state index contributed by atoms with van der Waals surface area (Å²) in [6.07, 6.45) is 0. The van der Waals surface area contributed by atoms with Crippen LogP contribution in [-0.4, -0.2) is 36.4 Å². The summed E-state index contributed by atoms with van der Waals surface area (Å²) in [5.41, 5.74) is 4.76. The minimum absolute atomic E-state index is 0.0675. The Morgan fingerprint density at radius 1 is 1.09 bits per heavy atom. The average molecular weight is 482 g/mol. The van der Waals surface area contributed by atoms with Gasteiger partial charge in [0.25, 0.3) is 5.91 Å². The molecular formula is C25H27N3O5S. The highest BCUT2D eigenvalue weighted by Crippen LogP contribution is 2.34. The molecule has 1 N–H and O–H groups in total. The van der Waals surface area contributed by atoms with Gasteiger partial charge in [0.1, 0.15) is 18.9 Å². The Bertz CT molecular complexity index is 1200. The fourth-order valence-electron chi connectivity index (χ4n) is 3.60. The van der Waals surface area contributed by atoms with Crippen molar-refractivity contribution in [1.82, 2.24) is 10.3 Å². The lowest BCUT2D eigenvalue weighted by molar-refractivity contribution is -0.143. The van der Waals surface area contributed by atoms with E-state index >= 15 is 0 Å². The van der Waals surface area contributed by atoms with Crippen molar-refractivity contribution >= 4 is 39.9 Å². The summed E-state index contributed by atoms with van der Waals surface area (Å²) < 4.78 is 10.3. The van der Waals surface area contributed by atoms with Crippen LogP contribution in [0.1, 0.15) is 39.7 Å². The van der Waals surface area contributed by atoms with Crippen molar-refractivity contribution in [3.63, 3.8) is 0 Å². The zero-order chi connectivity index (χ0) is 24.8. The second-order valence-electron chi connectivity index (χ2n) is 7.80. The lowest BCUT2D eigenvalue weighted by Gasteiger charge is -2.23. The maximum atomic E-state index is 12.5. The van der Waals surface area contributed by atoms with Crippen LogP contribution in [0.4, 0.5) is 10.8 Å². The van der Waals surface area contributed by atoms with Crippen LogP contribution in [0.25, 0.3) is 0 Å². The number of nitrogens with one attached hydrogen (secondary N) is 1. The molecule has 8 nitrogen and oxygen atoms in total. The first-order valence-corrected chi connectivity index (χ1v) is 11.5. The van der Waals surface area contributed by atoms with Gasteiger partial charge in [-0.05, 0) is 50.1 Å². The molecule has 2 amide bonds. The minimum Gasteiger partial charge on any atom is -0.497 e. The Morgan fingerprint density at radius 2 is 1.79 bits per heavy atom. The third-order valence-corrected chi connectivity index (χ3v) is 5.89. The summed E-state index contributed by atoms with van der Waals surface area (Å²) in [6.45, 7) is 7.07. The van der Waals surface area contributed by atoms with Gasteiger partial charge in [-0.2, -0.15) is 0 Å². The van der Waals surface area contributed by atoms with E-state index in [1.165, 1.54) is 25.4 Å². The second kappa shape index (κ2) is 10.9. The van der Waals surface area contributed by atoms with Gasteiger partial charge in [-0.3, -0.25) is 19.3 Å². The number of amides is 2. The summed E-state index contributed by atoms with van der Waals surface area (Å²) in [5, 5.41) is 4.77. The molecule has 1 heterocycles. The van der Waals surface area contributed by atoms with Crippen molar-refractivity contribution in [2.24, 2.45) is 0 Å². The zero-order valence-corrected chi connectivity index (χ0v) is 20.6. The van der Waals surface area contributed by atoms with Gasteiger partial charge >= 0.3 is 5.97 Å². The molecule has 9 heteroatoms. The third-order valence-electron chi connectivity index (χ3n) is 5.01. The van der Waals surface area contributed by atoms with Crippen LogP contribution in [-0.2, 0) is 20.9 Å². The van der Waals surface area contributed by atoms with Crippen molar-refractivity contribution in [2.75, 3.05) is 18.6 Å². The van der Waals surface area contributed by atoms with Gasteiger partial charge in [0.05, 0.1) is 18.5 Å². The van der Waals surface area contributed by atoms with Crippen molar-refractivity contribution in [3.8, 4) is 5.75 Å². The molecule has 0 spiro atoms. The number of anilines is 2. The summed E-state index contributed by atoms with van der Waals surface area (Å²) in [4.78, 5) is 42.9. The van der Waals surface area contributed by atoms with Crippen LogP contribution in [0.3, 0.4) is 0 Å². The normalized spacial score (nSPS) is 10.5. The molecule has 0 saturated carbocycles. The van der Waals surface area contributed by atoms with E-state index in [4.69, 9.17) is 9.47 Å². The van der Waals surface area contributed by atoms with Crippen LogP contribution in [0, 0.1) is 20.8 Å². The second-order valence-corrected chi connectivity index (χ2v) is 8.64. The Morgan fingerprint density at radius 3 is 2.44 bits per heavy atom. The molecule has 0 saturated heterocycles. The minimum atomic E-state index is -0.598. The van der Waals surface area contributed by atoms with Gasteiger partial charge in [0.15, 0.2) is 5.13 Å². The first kappa shape index (κ1) is 24.9. The molecule has 3 rings (SSSR count). The number of hydrogen-bond acceptors (Lipinski definition) is 7. The van der Waals surface area contributed by atoms with E-state index in [-0.39, 0.29) is 19.1 Å². The molecule has 0 atom stereocenters. The quantitative estimate of drug-likeness (QED) is 0.484. The van der Waals surface area contributed by atoms with E-state index in [2.05, 4.69) is 10.3 Å². The molecule has 2 aromatic carbocycles. The molecule has 0 radical (unpaired) electrons. The number of methoxy groups -OCH3 is 1. The molecule has 3 aromatic rings. The summed E-state index contributed by atoms with van der Waals surface area (Å²) >= 11 is 1.29. The van der Waals surface area contributed by atoms with Crippen molar-refractivity contribution in [2.45, 2.75) is 34.3 Å². The fraction of sp³-hybridized carbons (Fsp3) is 0.280. The Balaban J connectivity index is 1.61. The zero-order valence-electron chi connectivity index (χ0n) is 19.8. The number of carbonyl (C=O) groups excluding carboxylic acids is 3. The van der Waals surface area contributed by atoms with Crippen LogP contribution in [0.2, 0.25) is 0 Å². The number of esters is 1. The van der Waals surface area contributed by atoms with E-state index in [0.717, 1.165) is 22.4 Å². The molecule has 0 unspecified atom stereocenters. The smallest absolute Gasteiger partial charge is 0.325 e. The molecule has 0 aliphatic carbocycles. The molecule has 34 heavy (non-hydrogen) atoms. The molecule has 0 aliphatic heterocycles. The number of carbonyl (C=O) groups is 3. The van der Waals surface area contributed by atoms with Gasteiger partial charge < -0.3 is 14.8 Å². The summed E-state index contributed by atoms with van der Waals surface area (Å²) in [7, 11) is 1.51. The Labute approximate surface area is 202 Å². The molecular weight excluding hydrogens is 454 g/mol. The molecule has 0 fully saturated rings. The number of rotatable bonds is 8. The Hall–Kier alpha value is -3.72. The average Bonchev–Trinajstić information content (AvgIpc) is 3.26. The number of aromatic nitrogens is 1. The van der Waals surface area contributed by atoms with Gasteiger partial charge in [-0.25, -0.2) is 4.98 Å². The van der Waals surface area contributed by atoms with E-state index in [1.54, 1.807) is 34.5 Å². The van der Waals surface area contributed by atoms with E-state index in [9.17, 15) is 14.4 Å².